The molecule has 0 amide bonds. The molecule has 1 aliphatic carbocycles. The van der Waals surface area contributed by atoms with E-state index in [1.54, 1.807) is 0 Å². The van der Waals surface area contributed by atoms with E-state index in [0.29, 0.717) is 12.2 Å². The van der Waals surface area contributed by atoms with Crippen LogP contribution in [0.25, 0.3) is 11.1 Å². The van der Waals surface area contributed by atoms with E-state index in [1.165, 1.54) is 33.4 Å². The summed E-state index contributed by atoms with van der Waals surface area (Å²) in [6.07, 6.45) is 11.3. The topological polar surface area (TPSA) is 35.5 Å². The quantitative estimate of drug-likeness (QED) is 0.167. The number of carbonyl (C=O) groups is 1. The second-order valence-electron chi connectivity index (χ2n) is 9.66. The molecule has 0 atom stereocenters. The number of benzene rings is 2. The first-order valence-corrected chi connectivity index (χ1v) is 13.3. The van der Waals surface area contributed by atoms with Crippen LogP contribution in [-0.2, 0) is 22.3 Å². The van der Waals surface area contributed by atoms with Crippen molar-refractivity contribution in [1.29, 1.82) is 0 Å². The van der Waals surface area contributed by atoms with Gasteiger partial charge >= 0.3 is 5.97 Å². The predicted molar refractivity (Wildman–Crippen MR) is 146 cm³/mol. The zero-order valence-corrected chi connectivity index (χ0v) is 22.0. The number of carbonyl (C=O) groups excluding carboxylic acids is 1. The van der Waals surface area contributed by atoms with Crippen LogP contribution in [0.2, 0.25) is 0 Å². The highest BCUT2D eigenvalue weighted by Crippen LogP contribution is 2.28. The number of allylic oxidation sites excluding steroid dienone is 2. The van der Waals surface area contributed by atoms with Crippen LogP contribution in [0, 0.1) is 6.92 Å². The van der Waals surface area contributed by atoms with Crippen molar-refractivity contribution in [1.82, 2.24) is 0 Å². The Hall–Kier alpha value is -2.65. The Morgan fingerprint density at radius 1 is 0.914 bits per heavy atom. The lowest BCUT2D eigenvalue weighted by Crippen LogP contribution is -2.09. The average Bonchev–Trinajstić information content (AvgIpc) is 2.88. The molecule has 0 bridgehead atoms. The second kappa shape index (κ2) is 14.0. The Balaban J connectivity index is 1.38. The molecule has 3 nitrogen and oxygen atoms in total. The predicted octanol–water partition coefficient (Wildman–Crippen LogP) is 8.19. The molecule has 1 aliphatic rings. The van der Waals surface area contributed by atoms with Crippen molar-refractivity contribution < 1.29 is 14.3 Å². The molecule has 0 fully saturated rings. The highest BCUT2D eigenvalue weighted by Gasteiger charge is 2.14. The molecule has 0 aromatic heterocycles. The molecule has 2 aromatic rings. The molecule has 0 heterocycles. The zero-order valence-electron chi connectivity index (χ0n) is 22.0. The number of unbranched alkanes of at least 4 members (excludes halogenated alkanes) is 3. The summed E-state index contributed by atoms with van der Waals surface area (Å²) >= 11 is 0. The molecule has 3 rings (SSSR count). The van der Waals surface area contributed by atoms with E-state index in [4.69, 9.17) is 9.47 Å². The minimum atomic E-state index is -0.209. The van der Waals surface area contributed by atoms with Gasteiger partial charge in [-0.2, -0.15) is 0 Å². The van der Waals surface area contributed by atoms with Crippen LogP contribution in [-0.4, -0.2) is 25.8 Å². The van der Waals surface area contributed by atoms with Crippen LogP contribution in [0.4, 0.5) is 0 Å². The van der Waals surface area contributed by atoms with E-state index in [9.17, 15) is 4.79 Å². The third-order valence-electron chi connectivity index (χ3n) is 6.84. The van der Waals surface area contributed by atoms with Crippen LogP contribution in [0.1, 0.15) is 85.8 Å². The molecule has 0 saturated carbocycles. The van der Waals surface area contributed by atoms with E-state index in [1.807, 2.05) is 6.07 Å². The largest absolute Gasteiger partial charge is 0.462 e. The first kappa shape index (κ1) is 26.9. The maximum Gasteiger partial charge on any atom is 0.338 e. The second-order valence-corrected chi connectivity index (χ2v) is 9.66. The molecule has 0 unspecified atom stereocenters. The summed E-state index contributed by atoms with van der Waals surface area (Å²) in [5.41, 5.74) is 9.50. The first-order valence-electron chi connectivity index (χ1n) is 13.3. The summed E-state index contributed by atoms with van der Waals surface area (Å²) in [5.74, 6) is -0.209. The monoisotopic (exact) mass is 474 g/mol. The molecule has 0 saturated heterocycles. The van der Waals surface area contributed by atoms with E-state index in [0.717, 1.165) is 76.6 Å². The number of hydrogen-bond donors (Lipinski definition) is 0. The maximum atomic E-state index is 12.7. The molecule has 0 spiro atoms. The molecule has 0 aliphatic heterocycles. The van der Waals surface area contributed by atoms with Gasteiger partial charge in [-0.15, -0.1) is 0 Å². The Bertz CT molecular complexity index is 1030. The van der Waals surface area contributed by atoms with E-state index < -0.39 is 0 Å². The van der Waals surface area contributed by atoms with Gasteiger partial charge in [-0.05, 0) is 92.2 Å². The Labute approximate surface area is 212 Å². The smallest absolute Gasteiger partial charge is 0.338 e. The van der Waals surface area contributed by atoms with Crippen LogP contribution >= 0.6 is 0 Å². The van der Waals surface area contributed by atoms with Crippen molar-refractivity contribution in [3.05, 3.63) is 82.5 Å². The summed E-state index contributed by atoms with van der Waals surface area (Å²) in [7, 11) is 0. The fourth-order valence-corrected chi connectivity index (χ4v) is 4.62. The Morgan fingerprint density at radius 3 is 2.40 bits per heavy atom. The van der Waals surface area contributed by atoms with Gasteiger partial charge in [0.05, 0.1) is 18.8 Å². The van der Waals surface area contributed by atoms with Crippen LogP contribution < -0.4 is 0 Å². The first-order chi connectivity index (χ1) is 17.0. The van der Waals surface area contributed by atoms with Crippen LogP contribution in [0.5, 0.6) is 0 Å². The van der Waals surface area contributed by atoms with E-state index in [-0.39, 0.29) is 5.97 Å². The fourth-order valence-electron chi connectivity index (χ4n) is 4.62. The molecule has 2 aromatic carbocycles. The molecule has 35 heavy (non-hydrogen) atoms. The summed E-state index contributed by atoms with van der Waals surface area (Å²) in [5, 5.41) is 0. The van der Waals surface area contributed by atoms with Gasteiger partial charge in [-0.25, -0.2) is 4.79 Å². The van der Waals surface area contributed by atoms with Crippen molar-refractivity contribution in [3.63, 3.8) is 0 Å². The third kappa shape index (κ3) is 8.21. The van der Waals surface area contributed by atoms with Gasteiger partial charge in [0.25, 0.3) is 0 Å². The van der Waals surface area contributed by atoms with Gasteiger partial charge < -0.3 is 9.47 Å². The summed E-state index contributed by atoms with van der Waals surface area (Å²) in [6, 6.07) is 12.7. The highest BCUT2D eigenvalue weighted by molar-refractivity contribution is 5.92. The lowest BCUT2D eigenvalue weighted by molar-refractivity contribution is 0.0495. The summed E-state index contributed by atoms with van der Waals surface area (Å²) < 4.78 is 11.4. The van der Waals surface area contributed by atoms with Gasteiger partial charge in [-0.3, -0.25) is 0 Å². The van der Waals surface area contributed by atoms with Crippen molar-refractivity contribution in [3.8, 4) is 11.1 Å². The lowest BCUT2D eigenvalue weighted by Gasteiger charge is -2.14. The fraction of sp³-hybridized carbons (Fsp3) is 0.469. The normalized spacial score (nSPS) is 13.6. The SMILES string of the molecule is C=C1CC=C(COCCCCCCOC(=O)c2ccc(-c3ccc(C)cc3CC)cc2CC)CC1. The van der Waals surface area contributed by atoms with Crippen molar-refractivity contribution >= 4 is 5.97 Å². The van der Waals surface area contributed by atoms with E-state index in [2.05, 4.69) is 63.8 Å². The number of hydrogen-bond acceptors (Lipinski definition) is 3. The van der Waals surface area contributed by atoms with Crippen LogP contribution in [0.3, 0.4) is 0 Å². The number of aryl methyl sites for hydroxylation is 3. The number of ether oxygens (including phenoxy) is 2. The Morgan fingerprint density at radius 2 is 1.69 bits per heavy atom. The molecular formula is C32H42O3. The molecule has 0 N–H and O–H groups in total. The maximum absolute atomic E-state index is 12.7. The molecule has 0 radical (unpaired) electrons. The summed E-state index contributed by atoms with van der Waals surface area (Å²) in [6.45, 7) is 12.5. The van der Waals surface area contributed by atoms with Gasteiger partial charge in [-0.1, -0.05) is 74.4 Å². The minimum absolute atomic E-state index is 0.209. The number of esters is 1. The van der Waals surface area contributed by atoms with Gasteiger partial charge in [0.1, 0.15) is 0 Å². The van der Waals surface area contributed by atoms with Gasteiger partial charge in [0.2, 0.25) is 0 Å². The Kier molecular flexibility index (Phi) is 10.8. The van der Waals surface area contributed by atoms with Crippen molar-refractivity contribution in [2.75, 3.05) is 19.8 Å². The molecular weight excluding hydrogens is 432 g/mol. The van der Waals surface area contributed by atoms with Crippen molar-refractivity contribution in [2.24, 2.45) is 0 Å². The molecule has 3 heteroatoms. The zero-order chi connectivity index (χ0) is 25.0. The average molecular weight is 475 g/mol. The van der Waals surface area contributed by atoms with Crippen LogP contribution in [0.15, 0.2) is 60.2 Å². The molecule has 188 valence electrons. The third-order valence-corrected chi connectivity index (χ3v) is 6.84. The standard InChI is InChI=1S/C32H42O3/c1-5-27-21-25(4)13-17-30(27)29-16-18-31(28(6-2)22-29)32(33)35-20-10-8-7-9-19-34-23-26-14-11-24(3)12-15-26/h13-14,16-18,21-22H,3,5-12,15,19-20,23H2,1-2,4H3. The lowest BCUT2D eigenvalue weighted by atomic mass is 9.93. The van der Waals surface area contributed by atoms with E-state index >= 15 is 0 Å². The minimum Gasteiger partial charge on any atom is -0.462 e. The van der Waals surface area contributed by atoms with Gasteiger partial charge in [0.15, 0.2) is 0 Å². The van der Waals surface area contributed by atoms with Gasteiger partial charge in [0, 0.05) is 6.61 Å². The van der Waals surface area contributed by atoms with Crippen molar-refractivity contribution in [2.45, 2.75) is 78.6 Å². The number of rotatable bonds is 13. The summed E-state index contributed by atoms with van der Waals surface area (Å²) in [4.78, 5) is 12.7. The highest BCUT2D eigenvalue weighted by atomic mass is 16.5.